The van der Waals surface area contributed by atoms with Gasteiger partial charge in [0, 0.05) is 0 Å². The first-order chi connectivity index (χ1) is 9.01. The molecule has 0 aliphatic rings. The molecule has 0 N–H and O–H groups in total. The fourth-order valence-electron chi connectivity index (χ4n) is 1.39. The number of rotatable bonds is 2. The molecule has 2 aromatic carbocycles. The summed E-state index contributed by atoms with van der Waals surface area (Å²) in [5, 5.41) is 8.57. The Kier molecular flexibility index (Phi) is 3.76. The van der Waals surface area contributed by atoms with E-state index in [1.54, 1.807) is 6.07 Å². The summed E-state index contributed by atoms with van der Waals surface area (Å²) in [5.74, 6) is -3.12. The van der Waals surface area contributed by atoms with Crippen molar-refractivity contribution in [1.82, 2.24) is 0 Å². The van der Waals surface area contributed by atoms with Crippen LogP contribution in [0.4, 0.5) is 13.2 Å². The van der Waals surface area contributed by atoms with Gasteiger partial charge in [-0.3, -0.25) is 0 Å². The fraction of sp³-hybridized carbons (Fsp3) is 0. The summed E-state index contributed by atoms with van der Waals surface area (Å²) in [4.78, 5) is 0. The second-order valence-corrected chi connectivity index (χ2v) is 4.41. The van der Waals surface area contributed by atoms with Crippen molar-refractivity contribution in [1.29, 1.82) is 5.26 Å². The van der Waals surface area contributed by atoms with Crippen LogP contribution in [-0.4, -0.2) is 0 Å². The zero-order chi connectivity index (χ0) is 14.0. The minimum absolute atomic E-state index is 0.0592. The number of hydrogen-bond donors (Lipinski definition) is 0. The van der Waals surface area contributed by atoms with Crippen LogP contribution >= 0.6 is 15.9 Å². The van der Waals surface area contributed by atoms with Gasteiger partial charge in [-0.05, 0) is 46.3 Å². The lowest BCUT2D eigenvalue weighted by atomic mass is 10.2. The molecular weight excluding hydrogens is 323 g/mol. The molecule has 0 unspecified atom stereocenters. The van der Waals surface area contributed by atoms with E-state index in [9.17, 15) is 13.2 Å². The molecule has 96 valence electrons. The third-order valence-corrected chi connectivity index (χ3v) is 2.85. The zero-order valence-corrected chi connectivity index (χ0v) is 10.8. The number of benzene rings is 2. The van der Waals surface area contributed by atoms with Crippen LogP contribution in [0.5, 0.6) is 11.5 Å². The van der Waals surface area contributed by atoms with Crippen molar-refractivity contribution in [2.24, 2.45) is 0 Å². The van der Waals surface area contributed by atoms with Crippen molar-refractivity contribution in [2.75, 3.05) is 0 Å². The fourth-order valence-corrected chi connectivity index (χ4v) is 1.82. The van der Waals surface area contributed by atoms with Gasteiger partial charge in [0.2, 0.25) is 0 Å². The van der Waals surface area contributed by atoms with Crippen LogP contribution in [0.3, 0.4) is 0 Å². The molecule has 19 heavy (non-hydrogen) atoms. The highest BCUT2D eigenvalue weighted by molar-refractivity contribution is 9.10. The highest BCUT2D eigenvalue weighted by Crippen LogP contribution is 2.33. The highest BCUT2D eigenvalue weighted by atomic mass is 79.9. The van der Waals surface area contributed by atoms with E-state index in [4.69, 9.17) is 10.00 Å². The van der Waals surface area contributed by atoms with Gasteiger partial charge < -0.3 is 4.74 Å². The molecule has 0 fully saturated rings. The van der Waals surface area contributed by atoms with Crippen LogP contribution in [0.2, 0.25) is 0 Å². The van der Waals surface area contributed by atoms with E-state index in [1.807, 2.05) is 0 Å². The van der Waals surface area contributed by atoms with Crippen LogP contribution in [-0.2, 0) is 0 Å². The predicted molar refractivity (Wildman–Crippen MR) is 65.2 cm³/mol. The van der Waals surface area contributed by atoms with E-state index >= 15 is 0 Å². The van der Waals surface area contributed by atoms with Crippen LogP contribution in [0, 0.1) is 28.8 Å². The summed E-state index contributed by atoms with van der Waals surface area (Å²) in [6.07, 6.45) is 0. The van der Waals surface area contributed by atoms with Gasteiger partial charge in [-0.2, -0.15) is 5.26 Å². The number of nitriles is 1. The molecule has 0 heterocycles. The van der Waals surface area contributed by atoms with E-state index < -0.39 is 23.2 Å². The van der Waals surface area contributed by atoms with Gasteiger partial charge in [0.25, 0.3) is 0 Å². The summed E-state index contributed by atoms with van der Waals surface area (Å²) in [6.45, 7) is 0. The highest BCUT2D eigenvalue weighted by Gasteiger charge is 2.15. The Hall–Kier alpha value is -2.00. The first-order valence-corrected chi connectivity index (χ1v) is 5.82. The Morgan fingerprint density at radius 1 is 1.05 bits per heavy atom. The van der Waals surface area contributed by atoms with Gasteiger partial charge in [-0.15, -0.1) is 0 Å². The molecule has 2 aromatic rings. The maximum Gasteiger partial charge on any atom is 0.198 e. The minimum Gasteiger partial charge on any atom is -0.450 e. The molecule has 0 aliphatic carbocycles. The van der Waals surface area contributed by atoms with Crippen molar-refractivity contribution < 1.29 is 17.9 Å². The van der Waals surface area contributed by atoms with Crippen molar-refractivity contribution in [3.8, 4) is 17.6 Å². The molecule has 0 amide bonds. The van der Waals surface area contributed by atoms with Crippen molar-refractivity contribution in [3.63, 3.8) is 0 Å². The molecule has 0 radical (unpaired) electrons. The molecule has 0 aliphatic heterocycles. The lowest BCUT2D eigenvalue weighted by Gasteiger charge is -2.09. The van der Waals surface area contributed by atoms with E-state index in [1.165, 1.54) is 6.07 Å². The smallest absolute Gasteiger partial charge is 0.198 e. The molecule has 6 heteroatoms. The topological polar surface area (TPSA) is 33.0 Å². The third kappa shape index (κ3) is 2.88. The molecule has 0 bridgehead atoms. The van der Waals surface area contributed by atoms with E-state index in [0.29, 0.717) is 0 Å². The summed E-state index contributed by atoms with van der Waals surface area (Å²) in [5.41, 5.74) is -0.152. The average Bonchev–Trinajstić information content (AvgIpc) is 2.35. The first-order valence-electron chi connectivity index (χ1n) is 5.03. The SMILES string of the molecule is N#Cc1cc(F)c(Oc2ccc(F)cc2Br)c(F)c1. The molecule has 0 atom stereocenters. The Bertz CT molecular complexity index is 659. The van der Waals surface area contributed by atoms with Crippen LogP contribution < -0.4 is 4.74 Å². The molecular formula is C13H5BrF3NO. The van der Waals surface area contributed by atoms with Crippen LogP contribution in [0.1, 0.15) is 5.56 Å². The second-order valence-electron chi connectivity index (χ2n) is 3.56. The quantitative estimate of drug-likeness (QED) is 0.811. The number of nitrogens with zero attached hydrogens (tertiary/aromatic N) is 1. The number of hydrogen-bond acceptors (Lipinski definition) is 2. The Labute approximate surface area is 115 Å². The predicted octanol–water partition coefficient (Wildman–Crippen LogP) is 4.53. The van der Waals surface area contributed by atoms with Gasteiger partial charge in [0.05, 0.1) is 16.1 Å². The largest absolute Gasteiger partial charge is 0.450 e. The van der Waals surface area contributed by atoms with Gasteiger partial charge >= 0.3 is 0 Å². The van der Waals surface area contributed by atoms with Crippen molar-refractivity contribution >= 4 is 15.9 Å². The first kappa shape index (κ1) is 13.4. The molecule has 0 aromatic heterocycles. The summed E-state index contributed by atoms with van der Waals surface area (Å²) in [6, 6.07) is 6.77. The second kappa shape index (κ2) is 5.33. The van der Waals surface area contributed by atoms with Crippen molar-refractivity contribution in [2.45, 2.75) is 0 Å². The molecule has 0 saturated carbocycles. The number of ether oxygens (including phenoxy) is 1. The monoisotopic (exact) mass is 327 g/mol. The zero-order valence-electron chi connectivity index (χ0n) is 9.25. The van der Waals surface area contributed by atoms with Gasteiger partial charge in [-0.1, -0.05) is 0 Å². The molecule has 2 nitrogen and oxygen atoms in total. The maximum absolute atomic E-state index is 13.6. The van der Waals surface area contributed by atoms with Crippen LogP contribution in [0.25, 0.3) is 0 Å². The van der Waals surface area contributed by atoms with E-state index in [2.05, 4.69) is 15.9 Å². The summed E-state index contributed by atoms with van der Waals surface area (Å²) in [7, 11) is 0. The number of halogens is 4. The Balaban J connectivity index is 2.41. The van der Waals surface area contributed by atoms with Crippen LogP contribution in [0.15, 0.2) is 34.8 Å². The van der Waals surface area contributed by atoms with Gasteiger partial charge in [0.1, 0.15) is 11.6 Å². The standard InChI is InChI=1S/C13H5BrF3NO/c14-9-5-8(15)1-2-12(9)19-13-10(16)3-7(6-18)4-11(13)17/h1-5H. The van der Waals surface area contributed by atoms with E-state index in [0.717, 1.165) is 24.3 Å². The van der Waals surface area contributed by atoms with Gasteiger partial charge in [-0.25, -0.2) is 13.2 Å². The van der Waals surface area contributed by atoms with Crippen molar-refractivity contribution in [3.05, 3.63) is 57.8 Å². The Morgan fingerprint density at radius 2 is 1.68 bits per heavy atom. The lowest BCUT2D eigenvalue weighted by molar-refractivity contribution is 0.404. The minimum atomic E-state index is -1.01. The third-order valence-electron chi connectivity index (χ3n) is 2.23. The maximum atomic E-state index is 13.6. The molecule has 0 saturated heterocycles. The summed E-state index contributed by atoms with van der Waals surface area (Å²) < 4.78 is 45.3. The molecule has 2 rings (SSSR count). The molecule has 0 spiro atoms. The normalized spacial score (nSPS) is 10.1. The Morgan fingerprint density at radius 3 is 2.21 bits per heavy atom. The summed E-state index contributed by atoms with van der Waals surface area (Å²) >= 11 is 3.02. The van der Waals surface area contributed by atoms with Gasteiger partial charge in [0.15, 0.2) is 17.4 Å². The lowest BCUT2D eigenvalue weighted by Crippen LogP contribution is -1.95. The van der Waals surface area contributed by atoms with E-state index in [-0.39, 0.29) is 15.8 Å². The average molecular weight is 328 g/mol.